The molecule has 0 atom stereocenters. The highest BCUT2D eigenvalue weighted by Gasteiger charge is 2.32. The zero-order valence-corrected chi connectivity index (χ0v) is 17.4. The molecule has 0 spiro atoms. The molecular formula is C20H17N3O5S2. The minimum absolute atomic E-state index is 0.0561. The third-order valence-electron chi connectivity index (χ3n) is 4.65. The second-order valence-corrected chi connectivity index (χ2v) is 8.69. The minimum atomic E-state index is -0.455. The molecule has 3 aromatic rings. The number of carbonyl (C=O) groups is 2. The molecule has 1 fully saturated rings. The monoisotopic (exact) mass is 443 g/mol. The number of ketones is 1. The van der Waals surface area contributed by atoms with Gasteiger partial charge in [0.05, 0.1) is 5.75 Å². The Hall–Kier alpha value is -2.85. The lowest BCUT2D eigenvalue weighted by Crippen LogP contribution is -2.16. The summed E-state index contributed by atoms with van der Waals surface area (Å²) in [5.41, 5.74) is 0.550. The second kappa shape index (κ2) is 8.11. The van der Waals surface area contributed by atoms with Crippen molar-refractivity contribution in [2.75, 3.05) is 19.0 Å². The molecule has 0 unspecified atom stereocenters. The second-order valence-electron chi connectivity index (χ2n) is 6.80. The lowest BCUT2D eigenvalue weighted by Gasteiger charge is -2.18. The summed E-state index contributed by atoms with van der Waals surface area (Å²) in [7, 11) is 0. The lowest BCUT2D eigenvalue weighted by molar-refractivity contribution is 0.0715. The van der Waals surface area contributed by atoms with E-state index in [0.717, 1.165) is 12.8 Å². The summed E-state index contributed by atoms with van der Waals surface area (Å²) in [4.78, 5) is 25.5. The van der Waals surface area contributed by atoms with Crippen molar-refractivity contribution in [1.29, 1.82) is 0 Å². The maximum absolute atomic E-state index is 12.7. The van der Waals surface area contributed by atoms with Gasteiger partial charge in [-0.3, -0.25) is 9.36 Å². The zero-order chi connectivity index (χ0) is 20.5. The SMILES string of the molecule is O=C(CSc1nnc(OC(=O)c2cccs2)n1C1CC1)c1ccc2c(c1)OCCO2. The third-order valence-corrected chi connectivity index (χ3v) is 6.44. The largest absolute Gasteiger partial charge is 0.486 e. The van der Waals surface area contributed by atoms with Gasteiger partial charge in [-0.05, 0) is 42.5 Å². The Labute approximate surface area is 180 Å². The number of benzene rings is 1. The first kappa shape index (κ1) is 19.1. The van der Waals surface area contributed by atoms with Crippen LogP contribution in [0.2, 0.25) is 0 Å². The number of hydrogen-bond acceptors (Lipinski definition) is 9. The van der Waals surface area contributed by atoms with E-state index in [1.54, 1.807) is 30.3 Å². The lowest BCUT2D eigenvalue weighted by atomic mass is 10.1. The van der Waals surface area contributed by atoms with Gasteiger partial charge in [0.1, 0.15) is 18.1 Å². The fraction of sp³-hybridized carbons (Fsp3) is 0.300. The van der Waals surface area contributed by atoms with Crippen LogP contribution in [0.15, 0.2) is 40.9 Å². The van der Waals surface area contributed by atoms with Gasteiger partial charge in [-0.2, -0.15) is 0 Å². The van der Waals surface area contributed by atoms with Crippen molar-refractivity contribution in [3.63, 3.8) is 0 Å². The number of esters is 1. The summed E-state index contributed by atoms with van der Waals surface area (Å²) in [5, 5.41) is 10.6. The predicted molar refractivity (Wildman–Crippen MR) is 110 cm³/mol. The maximum atomic E-state index is 12.7. The van der Waals surface area contributed by atoms with Gasteiger partial charge in [0.25, 0.3) is 0 Å². The molecule has 1 aliphatic heterocycles. The molecule has 0 saturated heterocycles. The van der Waals surface area contributed by atoms with Crippen LogP contribution in [0.25, 0.3) is 0 Å². The molecule has 3 heterocycles. The first-order valence-corrected chi connectivity index (χ1v) is 11.3. The quantitative estimate of drug-likeness (QED) is 0.310. The Bertz CT molecular complexity index is 1090. The summed E-state index contributed by atoms with van der Waals surface area (Å²) >= 11 is 2.59. The molecule has 5 rings (SSSR count). The number of Topliss-reactive ketones (excluding diaryl/α,β-unsaturated/α-hetero) is 1. The number of fused-ring (bicyclic) bond motifs is 1. The summed E-state index contributed by atoms with van der Waals surface area (Å²) in [6.45, 7) is 0.975. The fourth-order valence-electron chi connectivity index (χ4n) is 3.03. The number of nitrogens with zero attached hydrogens (tertiary/aromatic N) is 3. The van der Waals surface area contributed by atoms with Crippen molar-refractivity contribution < 1.29 is 23.8 Å². The van der Waals surface area contributed by atoms with Crippen molar-refractivity contribution in [2.45, 2.75) is 24.0 Å². The van der Waals surface area contributed by atoms with Gasteiger partial charge in [-0.25, -0.2) is 4.79 Å². The highest BCUT2D eigenvalue weighted by molar-refractivity contribution is 7.99. The molecule has 30 heavy (non-hydrogen) atoms. The van der Waals surface area contributed by atoms with E-state index in [2.05, 4.69) is 10.2 Å². The van der Waals surface area contributed by atoms with Crippen molar-refractivity contribution in [3.05, 3.63) is 46.2 Å². The number of ether oxygens (including phenoxy) is 3. The van der Waals surface area contributed by atoms with Crippen LogP contribution < -0.4 is 14.2 Å². The van der Waals surface area contributed by atoms with Crippen LogP contribution in [0.5, 0.6) is 17.5 Å². The van der Waals surface area contributed by atoms with Gasteiger partial charge in [0.2, 0.25) is 0 Å². The normalized spacial score (nSPS) is 15.1. The van der Waals surface area contributed by atoms with Crippen molar-refractivity contribution in [2.24, 2.45) is 0 Å². The first-order valence-electron chi connectivity index (χ1n) is 9.45. The molecule has 2 aliphatic rings. The summed E-state index contributed by atoms with van der Waals surface area (Å²) in [6, 6.07) is 9.04. The highest BCUT2D eigenvalue weighted by atomic mass is 32.2. The van der Waals surface area contributed by atoms with E-state index in [4.69, 9.17) is 14.2 Å². The van der Waals surface area contributed by atoms with E-state index in [1.807, 2.05) is 9.95 Å². The molecule has 1 aromatic carbocycles. The number of thiophene rings is 1. The number of carbonyl (C=O) groups excluding carboxylic acids is 2. The Morgan fingerprint density at radius 2 is 2.00 bits per heavy atom. The Balaban J connectivity index is 1.29. The van der Waals surface area contributed by atoms with Crippen LogP contribution in [0, 0.1) is 0 Å². The van der Waals surface area contributed by atoms with Gasteiger partial charge < -0.3 is 14.2 Å². The molecule has 10 heteroatoms. The molecule has 0 amide bonds. The molecule has 0 N–H and O–H groups in total. The number of hydrogen-bond donors (Lipinski definition) is 0. The van der Waals surface area contributed by atoms with E-state index < -0.39 is 5.97 Å². The maximum Gasteiger partial charge on any atom is 0.356 e. The van der Waals surface area contributed by atoms with E-state index in [9.17, 15) is 9.59 Å². The predicted octanol–water partition coefficient (Wildman–Crippen LogP) is 3.64. The Morgan fingerprint density at radius 1 is 1.17 bits per heavy atom. The van der Waals surface area contributed by atoms with E-state index in [1.165, 1.54) is 23.1 Å². The summed E-state index contributed by atoms with van der Waals surface area (Å²) < 4.78 is 18.3. The number of aromatic nitrogens is 3. The average molecular weight is 444 g/mol. The summed E-state index contributed by atoms with van der Waals surface area (Å²) in [6.07, 6.45) is 1.93. The average Bonchev–Trinajstić information content (AvgIpc) is 3.29. The van der Waals surface area contributed by atoms with Crippen molar-refractivity contribution in [3.8, 4) is 17.5 Å². The van der Waals surface area contributed by atoms with E-state index in [-0.39, 0.29) is 23.6 Å². The van der Waals surface area contributed by atoms with Crippen molar-refractivity contribution in [1.82, 2.24) is 14.8 Å². The van der Waals surface area contributed by atoms with Gasteiger partial charge in [0, 0.05) is 11.6 Å². The Kier molecular flexibility index (Phi) is 5.17. The highest BCUT2D eigenvalue weighted by Crippen LogP contribution is 2.41. The molecule has 0 bridgehead atoms. The molecule has 1 saturated carbocycles. The summed E-state index contributed by atoms with van der Waals surface area (Å²) in [5.74, 6) is 0.906. The van der Waals surface area contributed by atoms with Crippen LogP contribution in [0.3, 0.4) is 0 Å². The van der Waals surface area contributed by atoms with E-state index >= 15 is 0 Å². The van der Waals surface area contributed by atoms with Gasteiger partial charge in [0.15, 0.2) is 22.4 Å². The molecular weight excluding hydrogens is 426 g/mol. The molecule has 1 aliphatic carbocycles. The van der Waals surface area contributed by atoms with Gasteiger partial charge in [-0.1, -0.05) is 22.9 Å². The standard InChI is InChI=1S/C20H17N3O5S2/c24-14(12-3-6-15-16(10-12)27-8-7-26-15)11-30-20-22-21-19(23(20)13-4-5-13)28-18(25)17-2-1-9-29-17/h1-3,6,9-10,13H,4-5,7-8,11H2. The molecule has 0 radical (unpaired) electrons. The number of thioether (sulfide) groups is 1. The minimum Gasteiger partial charge on any atom is -0.486 e. The van der Waals surface area contributed by atoms with Crippen molar-refractivity contribution >= 4 is 34.9 Å². The smallest absolute Gasteiger partial charge is 0.356 e. The van der Waals surface area contributed by atoms with E-state index in [0.29, 0.717) is 40.3 Å². The van der Waals surface area contributed by atoms with Crippen LogP contribution in [-0.4, -0.2) is 45.5 Å². The first-order chi connectivity index (χ1) is 14.7. The molecule has 2 aromatic heterocycles. The van der Waals surface area contributed by atoms with Gasteiger partial charge in [-0.15, -0.1) is 16.4 Å². The van der Waals surface area contributed by atoms with Crippen LogP contribution in [0.4, 0.5) is 0 Å². The Morgan fingerprint density at radius 3 is 2.77 bits per heavy atom. The zero-order valence-electron chi connectivity index (χ0n) is 15.8. The third kappa shape index (κ3) is 3.92. The molecule has 154 valence electrons. The van der Waals surface area contributed by atoms with Crippen LogP contribution >= 0.6 is 23.1 Å². The van der Waals surface area contributed by atoms with Crippen LogP contribution in [-0.2, 0) is 0 Å². The van der Waals surface area contributed by atoms with Gasteiger partial charge >= 0.3 is 12.0 Å². The molecule has 8 nitrogen and oxygen atoms in total. The topological polar surface area (TPSA) is 92.5 Å². The van der Waals surface area contributed by atoms with Crippen LogP contribution in [0.1, 0.15) is 38.9 Å². The number of rotatable bonds is 7. The fourth-order valence-corrected chi connectivity index (χ4v) is 4.53.